The molecule has 0 unspecified atom stereocenters. The van der Waals surface area contributed by atoms with E-state index in [9.17, 15) is 4.79 Å². The minimum atomic E-state index is 0.0533. The molecular weight excluding hydrogens is 272 g/mol. The third-order valence-electron chi connectivity index (χ3n) is 3.46. The third-order valence-corrected chi connectivity index (χ3v) is 4.40. The zero-order valence-electron chi connectivity index (χ0n) is 11.0. The van der Waals surface area contributed by atoms with Crippen LogP contribution in [0.2, 0.25) is 0 Å². The Bertz CT molecular complexity index is 640. The van der Waals surface area contributed by atoms with Crippen molar-refractivity contribution in [3.05, 3.63) is 36.0 Å². The lowest BCUT2D eigenvalue weighted by Gasteiger charge is -2.26. The number of thioether (sulfide) groups is 1. The van der Waals surface area contributed by atoms with Gasteiger partial charge in [0.1, 0.15) is 5.82 Å². The van der Waals surface area contributed by atoms with Gasteiger partial charge in [0.25, 0.3) is 5.91 Å². The summed E-state index contributed by atoms with van der Waals surface area (Å²) < 4.78 is 0. The number of pyridine rings is 1. The van der Waals surface area contributed by atoms with Crippen molar-refractivity contribution in [2.24, 2.45) is 5.84 Å². The first-order chi connectivity index (χ1) is 9.81. The van der Waals surface area contributed by atoms with E-state index in [1.807, 2.05) is 40.9 Å². The van der Waals surface area contributed by atoms with Crippen molar-refractivity contribution in [3.8, 4) is 0 Å². The van der Waals surface area contributed by atoms with E-state index in [0.717, 1.165) is 35.4 Å². The number of anilines is 1. The second-order valence-corrected chi connectivity index (χ2v) is 5.84. The molecule has 2 aromatic rings. The van der Waals surface area contributed by atoms with E-state index < -0.39 is 0 Å². The van der Waals surface area contributed by atoms with Gasteiger partial charge in [-0.3, -0.25) is 4.79 Å². The molecule has 20 heavy (non-hydrogen) atoms. The first-order valence-electron chi connectivity index (χ1n) is 6.52. The fourth-order valence-corrected chi connectivity index (χ4v) is 3.32. The van der Waals surface area contributed by atoms with Gasteiger partial charge in [-0.2, -0.15) is 11.8 Å². The zero-order chi connectivity index (χ0) is 13.9. The number of carbonyl (C=O) groups excluding carboxylic acids is 1. The van der Waals surface area contributed by atoms with Gasteiger partial charge in [0, 0.05) is 36.2 Å². The average Bonchev–Trinajstić information content (AvgIpc) is 2.54. The average molecular weight is 288 g/mol. The number of hydrogen-bond donors (Lipinski definition) is 2. The summed E-state index contributed by atoms with van der Waals surface area (Å²) in [6.07, 6.45) is 1.61. The van der Waals surface area contributed by atoms with Crippen molar-refractivity contribution in [1.82, 2.24) is 9.88 Å². The van der Waals surface area contributed by atoms with E-state index >= 15 is 0 Å². The molecule has 1 fully saturated rings. The fourth-order valence-electron chi connectivity index (χ4n) is 2.41. The van der Waals surface area contributed by atoms with Gasteiger partial charge in [-0.25, -0.2) is 10.8 Å². The predicted molar refractivity (Wildman–Crippen MR) is 82.8 cm³/mol. The summed E-state index contributed by atoms with van der Waals surface area (Å²) >= 11 is 1.88. The number of nitrogen functional groups attached to an aromatic ring is 1. The third kappa shape index (κ3) is 2.32. The summed E-state index contributed by atoms with van der Waals surface area (Å²) in [7, 11) is 0. The first-order valence-corrected chi connectivity index (χ1v) is 7.68. The quantitative estimate of drug-likeness (QED) is 0.650. The van der Waals surface area contributed by atoms with E-state index in [-0.39, 0.29) is 5.91 Å². The largest absolute Gasteiger partial charge is 0.337 e. The molecule has 1 aliphatic rings. The van der Waals surface area contributed by atoms with E-state index in [2.05, 4.69) is 10.4 Å². The molecule has 0 atom stereocenters. The molecule has 0 bridgehead atoms. The number of aromatic nitrogens is 1. The Hall–Kier alpha value is -1.79. The maximum absolute atomic E-state index is 12.6. The van der Waals surface area contributed by atoms with Crippen LogP contribution in [0.5, 0.6) is 0 Å². The van der Waals surface area contributed by atoms with Gasteiger partial charge in [-0.15, -0.1) is 0 Å². The molecule has 104 valence electrons. The van der Waals surface area contributed by atoms with Crippen LogP contribution in [0.1, 0.15) is 10.4 Å². The van der Waals surface area contributed by atoms with Crippen molar-refractivity contribution in [2.75, 3.05) is 30.0 Å². The first kappa shape index (κ1) is 13.2. The Morgan fingerprint density at radius 1 is 1.25 bits per heavy atom. The number of hydrogen-bond acceptors (Lipinski definition) is 5. The highest BCUT2D eigenvalue weighted by molar-refractivity contribution is 7.99. The molecule has 1 saturated heterocycles. The van der Waals surface area contributed by atoms with Gasteiger partial charge in [0.2, 0.25) is 0 Å². The fraction of sp³-hybridized carbons (Fsp3) is 0.286. The molecule has 0 radical (unpaired) electrons. The lowest BCUT2D eigenvalue weighted by atomic mass is 10.1. The molecule has 1 amide bonds. The molecule has 3 N–H and O–H groups in total. The number of fused-ring (bicyclic) bond motifs is 1. The summed E-state index contributed by atoms with van der Waals surface area (Å²) in [4.78, 5) is 18.8. The van der Waals surface area contributed by atoms with Crippen molar-refractivity contribution in [2.45, 2.75) is 0 Å². The molecule has 1 aromatic carbocycles. The minimum Gasteiger partial charge on any atom is -0.337 e. The van der Waals surface area contributed by atoms with Crippen molar-refractivity contribution in [3.63, 3.8) is 0 Å². The van der Waals surface area contributed by atoms with Crippen LogP contribution in [0, 0.1) is 0 Å². The topological polar surface area (TPSA) is 71.2 Å². The molecule has 6 heteroatoms. The molecular formula is C14H16N4OS. The maximum Gasteiger partial charge on any atom is 0.256 e. The number of nitrogens with zero attached hydrogens (tertiary/aromatic N) is 2. The monoisotopic (exact) mass is 288 g/mol. The molecule has 0 spiro atoms. The number of nitrogens with one attached hydrogen (secondary N) is 1. The van der Waals surface area contributed by atoms with Crippen LogP contribution in [-0.4, -0.2) is 40.4 Å². The lowest BCUT2D eigenvalue weighted by Crippen LogP contribution is -2.38. The number of amides is 1. The summed E-state index contributed by atoms with van der Waals surface area (Å²) in [5.41, 5.74) is 3.22. The lowest BCUT2D eigenvalue weighted by molar-refractivity contribution is 0.0774. The number of hydrazine groups is 1. The standard InChI is InChI=1S/C14H16N4OS/c15-17-13-11-4-2-1-3-10(11)12(9-16-13)14(19)18-5-7-20-8-6-18/h1-4,9H,5-8,15H2,(H,16,17). The molecule has 1 aromatic heterocycles. The van der Waals surface area contributed by atoms with E-state index in [0.29, 0.717) is 11.4 Å². The van der Waals surface area contributed by atoms with Crippen LogP contribution in [0.4, 0.5) is 5.82 Å². The number of rotatable bonds is 2. The second kappa shape index (κ2) is 5.68. The molecule has 1 aliphatic heterocycles. The van der Waals surface area contributed by atoms with Crippen LogP contribution >= 0.6 is 11.8 Å². The van der Waals surface area contributed by atoms with Gasteiger partial charge in [-0.1, -0.05) is 24.3 Å². The van der Waals surface area contributed by atoms with Crippen LogP contribution in [0.3, 0.4) is 0 Å². The molecule has 2 heterocycles. The SMILES string of the molecule is NNc1ncc(C(=O)N2CCSCC2)c2ccccc12. The van der Waals surface area contributed by atoms with E-state index in [1.54, 1.807) is 6.20 Å². The summed E-state index contributed by atoms with van der Waals surface area (Å²) in [6.45, 7) is 1.60. The summed E-state index contributed by atoms with van der Waals surface area (Å²) in [5, 5.41) is 1.76. The van der Waals surface area contributed by atoms with Gasteiger partial charge >= 0.3 is 0 Å². The molecule has 3 rings (SSSR count). The predicted octanol–water partition coefficient (Wildman–Crippen LogP) is 1.71. The molecule has 0 aliphatic carbocycles. The highest BCUT2D eigenvalue weighted by Gasteiger charge is 2.21. The Morgan fingerprint density at radius 3 is 2.65 bits per heavy atom. The normalized spacial score (nSPS) is 15.3. The molecule has 5 nitrogen and oxygen atoms in total. The maximum atomic E-state index is 12.6. The van der Waals surface area contributed by atoms with E-state index in [1.165, 1.54) is 0 Å². The Kier molecular flexibility index (Phi) is 3.75. The Balaban J connectivity index is 2.05. The van der Waals surface area contributed by atoms with Gasteiger partial charge < -0.3 is 10.3 Å². The number of benzene rings is 1. The van der Waals surface area contributed by atoms with Crippen molar-refractivity contribution >= 4 is 34.3 Å². The van der Waals surface area contributed by atoms with Crippen molar-refractivity contribution < 1.29 is 4.79 Å². The highest BCUT2D eigenvalue weighted by atomic mass is 32.2. The number of carbonyl (C=O) groups is 1. The molecule has 0 saturated carbocycles. The van der Waals surface area contributed by atoms with Gasteiger partial charge in [0.15, 0.2) is 0 Å². The van der Waals surface area contributed by atoms with Crippen LogP contribution in [-0.2, 0) is 0 Å². The Morgan fingerprint density at radius 2 is 1.95 bits per heavy atom. The van der Waals surface area contributed by atoms with Gasteiger partial charge in [-0.05, 0) is 5.39 Å². The Labute approximate surface area is 121 Å². The van der Waals surface area contributed by atoms with Crippen LogP contribution < -0.4 is 11.3 Å². The van der Waals surface area contributed by atoms with Crippen LogP contribution in [0.25, 0.3) is 10.8 Å². The smallest absolute Gasteiger partial charge is 0.256 e. The second-order valence-electron chi connectivity index (χ2n) is 4.61. The van der Waals surface area contributed by atoms with E-state index in [4.69, 9.17) is 5.84 Å². The van der Waals surface area contributed by atoms with Crippen molar-refractivity contribution in [1.29, 1.82) is 0 Å². The highest BCUT2D eigenvalue weighted by Crippen LogP contribution is 2.25. The summed E-state index contributed by atoms with van der Waals surface area (Å²) in [5.74, 6) is 8.12. The summed E-state index contributed by atoms with van der Waals surface area (Å²) in [6, 6.07) is 7.69. The minimum absolute atomic E-state index is 0.0533. The van der Waals surface area contributed by atoms with Gasteiger partial charge in [0.05, 0.1) is 5.56 Å². The number of nitrogens with two attached hydrogens (primary N) is 1. The van der Waals surface area contributed by atoms with Crippen LogP contribution in [0.15, 0.2) is 30.5 Å². The zero-order valence-corrected chi connectivity index (χ0v) is 11.8.